The SMILES string of the molecule is C=CCC1C(=O)C(=O)c2c(ccc3ccc(C(C)(C)C)cc23)C1=O. The van der Waals surface area contributed by atoms with Gasteiger partial charge >= 0.3 is 0 Å². The fraction of sp³-hybridized carbons (Fsp3) is 0.286. The summed E-state index contributed by atoms with van der Waals surface area (Å²) in [5.74, 6) is -2.39. The van der Waals surface area contributed by atoms with Crippen LogP contribution < -0.4 is 0 Å². The molecule has 3 heteroatoms. The molecule has 2 aromatic rings. The van der Waals surface area contributed by atoms with Gasteiger partial charge in [-0.2, -0.15) is 0 Å². The summed E-state index contributed by atoms with van der Waals surface area (Å²) >= 11 is 0. The lowest BCUT2D eigenvalue weighted by molar-refractivity contribution is -0.117. The normalized spacial score (nSPS) is 18.0. The number of benzene rings is 2. The van der Waals surface area contributed by atoms with E-state index in [2.05, 4.69) is 27.4 Å². The minimum Gasteiger partial charge on any atom is -0.293 e. The van der Waals surface area contributed by atoms with Crippen molar-refractivity contribution in [2.75, 3.05) is 0 Å². The summed E-state index contributed by atoms with van der Waals surface area (Å²) in [6.07, 6.45) is 1.71. The Labute approximate surface area is 141 Å². The number of ketones is 3. The molecule has 1 aliphatic carbocycles. The van der Waals surface area contributed by atoms with Crippen LogP contribution in [-0.4, -0.2) is 17.3 Å². The first-order valence-electron chi connectivity index (χ1n) is 8.06. The maximum Gasteiger partial charge on any atom is 0.230 e. The number of carbonyl (C=O) groups is 3. The summed E-state index contributed by atoms with van der Waals surface area (Å²) in [5.41, 5.74) is 1.58. The van der Waals surface area contributed by atoms with E-state index >= 15 is 0 Å². The fourth-order valence-corrected chi connectivity index (χ4v) is 3.21. The van der Waals surface area contributed by atoms with Gasteiger partial charge in [0.15, 0.2) is 5.78 Å². The van der Waals surface area contributed by atoms with Gasteiger partial charge in [-0.3, -0.25) is 14.4 Å². The smallest absolute Gasteiger partial charge is 0.230 e. The number of rotatable bonds is 2. The van der Waals surface area contributed by atoms with Crippen LogP contribution in [-0.2, 0) is 10.2 Å². The molecule has 1 atom stereocenters. The van der Waals surface area contributed by atoms with Gasteiger partial charge in [-0.1, -0.05) is 45.0 Å². The first-order chi connectivity index (χ1) is 11.3. The fourth-order valence-electron chi connectivity index (χ4n) is 3.21. The summed E-state index contributed by atoms with van der Waals surface area (Å²) in [7, 11) is 0. The highest BCUT2D eigenvalue weighted by Gasteiger charge is 2.40. The van der Waals surface area contributed by atoms with Crippen molar-refractivity contribution in [2.24, 2.45) is 5.92 Å². The largest absolute Gasteiger partial charge is 0.293 e. The van der Waals surface area contributed by atoms with E-state index in [9.17, 15) is 14.4 Å². The Hall–Kier alpha value is -2.55. The van der Waals surface area contributed by atoms with E-state index in [1.807, 2.05) is 24.3 Å². The van der Waals surface area contributed by atoms with Gasteiger partial charge in [0.25, 0.3) is 0 Å². The van der Waals surface area contributed by atoms with E-state index in [1.54, 1.807) is 6.07 Å². The van der Waals surface area contributed by atoms with Crippen LogP contribution in [0.4, 0.5) is 0 Å². The van der Waals surface area contributed by atoms with Gasteiger partial charge in [-0.25, -0.2) is 0 Å². The van der Waals surface area contributed by atoms with Crippen LogP contribution in [0, 0.1) is 5.92 Å². The molecule has 0 radical (unpaired) electrons. The Morgan fingerprint density at radius 2 is 1.71 bits per heavy atom. The third-order valence-electron chi connectivity index (χ3n) is 4.64. The minimum atomic E-state index is -0.925. The number of hydrogen-bond acceptors (Lipinski definition) is 3. The summed E-state index contributed by atoms with van der Waals surface area (Å²) in [6.45, 7) is 9.83. The maximum atomic E-state index is 12.7. The Morgan fingerprint density at radius 3 is 2.33 bits per heavy atom. The lowest BCUT2D eigenvalue weighted by Crippen LogP contribution is -2.36. The van der Waals surface area contributed by atoms with Crippen LogP contribution in [0.15, 0.2) is 43.0 Å². The van der Waals surface area contributed by atoms with Crippen LogP contribution in [0.2, 0.25) is 0 Å². The molecule has 2 aromatic carbocycles. The highest BCUT2D eigenvalue weighted by Crippen LogP contribution is 2.34. The summed E-state index contributed by atoms with van der Waals surface area (Å²) in [4.78, 5) is 37.7. The average molecular weight is 320 g/mol. The van der Waals surface area contributed by atoms with E-state index in [1.165, 1.54) is 6.08 Å². The number of Topliss-reactive ketones (excluding diaryl/α,β-unsaturated/α-hetero) is 3. The lowest BCUT2D eigenvalue weighted by atomic mass is 9.76. The molecule has 122 valence electrons. The van der Waals surface area contributed by atoms with Gasteiger partial charge in [0.1, 0.15) is 0 Å². The third-order valence-corrected chi connectivity index (χ3v) is 4.64. The topological polar surface area (TPSA) is 51.2 Å². The number of carbonyl (C=O) groups excluding carboxylic acids is 3. The third kappa shape index (κ3) is 2.41. The van der Waals surface area contributed by atoms with Crippen LogP contribution in [0.3, 0.4) is 0 Å². The highest BCUT2D eigenvalue weighted by atomic mass is 16.2. The van der Waals surface area contributed by atoms with Crippen molar-refractivity contribution in [3.8, 4) is 0 Å². The summed E-state index contributed by atoms with van der Waals surface area (Å²) in [6, 6.07) is 9.39. The number of hydrogen-bond donors (Lipinski definition) is 0. The Morgan fingerprint density at radius 1 is 1.04 bits per heavy atom. The van der Waals surface area contributed by atoms with E-state index < -0.39 is 17.5 Å². The van der Waals surface area contributed by atoms with Crippen molar-refractivity contribution in [2.45, 2.75) is 32.6 Å². The lowest BCUT2D eigenvalue weighted by Gasteiger charge is -2.23. The average Bonchev–Trinajstić information content (AvgIpc) is 2.54. The van der Waals surface area contributed by atoms with Gasteiger partial charge < -0.3 is 0 Å². The number of allylic oxidation sites excluding steroid dienone is 1. The molecule has 1 unspecified atom stereocenters. The van der Waals surface area contributed by atoms with E-state index in [-0.39, 0.29) is 23.2 Å². The van der Waals surface area contributed by atoms with Gasteiger partial charge in [-0.15, -0.1) is 6.58 Å². The van der Waals surface area contributed by atoms with E-state index in [0.29, 0.717) is 10.9 Å². The molecule has 3 nitrogen and oxygen atoms in total. The molecule has 0 amide bonds. The van der Waals surface area contributed by atoms with Crippen LogP contribution in [0.25, 0.3) is 10.8 Å². The van der Waals surface area contributed by atoms with Gasteiger partial charge in [-0.05, 0) is 40.3 Å². The van der Waals surface area contributed by atoms with Gasteiger partial charge in [0.2, 0.25) is 11.6 Å². The maximum absolute atomic E-state index is 12.7. The molecule has 0 heterocycles. The molecule has 0 saturated carbocycles. The molecule has 0 aliphatic heterocycles. The Balaban J connectivity index is 2.30. The predicted octanol–water partition coefficient (Wildman–Crippen LogP) is 4.28. The van der Waals surface area contributed by atoms with E-state index in [0.717, 1.165) is 10.9 Å². The van der Waals surface area contributed by atoms with Gasteiger partial charge in [0.05, 0.1) is 5.92 Å². The monoisotopic (exact) mass is 320 g/mol. The molecule has 0 N–H and O–H groups in total. The predicted molar refractivity (Wildman–Crippen MR) is 94.6 cm³/mol. The highest BCUT2D eigenvalue weighted by molar-refractivity contribution is 6.53. The first kappa shape index (κ1) is 16.3. The molecule has 0 aromatic heterocycles. The second-order valence-electron chi connectivity index (χ2n) is 7.31. The van der Waals surface area contributed by atoms with Crippen LogP contribution >= 0.6 is 0 Å². The molecule has 0 fully saturated rings. The molecule has 0 saturated heterocycles. The second-order valence-corrected chi connectivity index (χ2v) is 7.31. The van der Waals surface area contributed by atoms with Crippen LogP contribution in [0.5, 0.6) is 0 Å². The van der Waals surface area contributed by atoms with Crippen molar-refractivity contribution >= 4 is 28.1 Å². The Kier molecular flexibility index (Phi) is 3.75. The quantitative estimate of drug-likeness (QED) is 0.471. The summed E-state index contributed by atoms with van der Waals surface area (Å²) in [5, 5.41) is 1.54. The molecular formula is C21H20O3. The van der Waals surface area contributed by atoms with Crippen molar-refractivity contribution in [3.05, 3.63) is 59.7 Å². The first-order valence-corrected chi connectivity index (χ1v) is 8.06. The molecular weight excluding hydrogens is 300 g/mol. The molecule has 3 rings (SSSR count). The molecule has 0 spiro atoms. The van der Waals surface area contributed by atoms with Crippen molar-refractivity contribution in [1.29, 1.82) is 0 Å². The second kappa shape index (κ2) is 5.52. The van der Waals surface area contributed by atoms with E-state index in [4.69, 9.17) is 0 Å². The zero-order valence-electron chi connectivity index (χ0n) is 14.2. The van der Waals surface area contributed by atoms with Crippen LogP contribution in [0.1, 0.15) is 53.5 Å². The Bertz CT molecular complexity index is 897. The summed E-state index contributed by atoms with van der Waals surface area (Å²) < 4.78 is 0. The van der Waals surface area contributed by atoms with Crippen molar-refractivity contribution < 1.29 is 14.4 Å². The minimum absolute atomic E-state index is 0.0893. The molecule has 1 aliphatic rings. The molecule has 24 heavy (non-hydrogen) atoms. The van der Waals surface area contributed by atoms with Gasteiger partial charge in [0, 0.05) is 11.1 Å². The van der Waals surface area contributed by atoms with Crippen molar-refractivity contribution in [1.82, 2.24) is 0 Å². The van der Waals surface area contributed by atoms with Crippen molar-refractivity contribution in [3.63, 3.8) is 0 Å². The zero-order valence-corrected chi connectivity index (χ0v) is 14.2. The molecule has 0 bridgehead atoms. The number of fused-ring (bicyclic) bond motifs is 3. The standard InChI is InChI=1S/C21H20O3/c1-5-6-15-18(22)14-10-8-12-7-9-13(21(2,3)4)11-16(12)17(14)20(24)19(15)23/h5,7-11,15H,1,6H2,2-4H3. The zero-order chi connectivity index (χ0) is 17.6.